The summed E-state index contributed by atoms with van der Waals surface area (Å²) in [5, 5.41) is 6.66. The van der Waals surface area contributed by atoms with Crippen molar-refractivity contribution in [2.45, 2.75) is 44.9 Å². The van der Waals surface area contributed by atoms with Crippen LogP contribution in [0.3, 0.4) is 0 Å². The molecule has 29 heavy (non-hydrogen) atoms. The largest absolute Gasteiger partial charge is 0.356 e. The van der Waals surface area contributed by atoms with Gasteiger partial charge in [0.2, 0.25) is 0 Å². The molecule has 0 saturated heterocycles. The van der Waals surface area contributed by atoms with Gasteiger partial charge in [0, 0.05) is 26.7 Å². The number of unbranched alkanes of at least 4 members (excludes halogenated alkanes) is 1. The van der Waals surface area contributed by atoms with Gasteiger partial charge >= 0.3 is 0 Å². The third-order valence-electron chi connectivity index (χ3n) is 5.33. The number of aliphatic imine (C=N–C) groups is 1. The molecule has 0 aromatic heterocycles. The van der Waals surface area contributed by atoms with Crippen LogP contribution < -0.4 is 10.6 Å². The van der Waals surface area contributed by atoms with Gasteiger partial charge in [-0.3, -0.25) is 19.5 Å². The van der Waals surface area contributed by atoms with E-state index in [1.54, 1.807) is 36.9 Å². The summed E-state index contributed by atoms with van der Waals surface area (Å²) in [5.41, 5.74) is 2.58. The van der Waals surface area contributed by atoms with E-state index >= 15 is 0 Å². The molecule has 2 amide bonds. The second-order valence-electron chi connectivity index (χ2n) is 7.30. The van der Waals surface area contributed by atoms with Crippen LogP contribution in [-0.2, 0) is 0 Å². The number of nitrogens with zero attached hydrogens (tertiary/aromatic N) is 2. The number of carbonyl (C=O) groups is 2. The molecule has 1 aliphatic heterocycles. The molecule has 2 N–H and O–H groups in total. The maximum absolute atomic E-state index is 12.3. The van der Waals surface area contributed by atoms with E-state index in [-0.39, 0.29) is 35.8 Å². The van der Waals surface area contributed by atoms with Crippen LogP contribution >= 0.6 is 24.0 Å². The molecule has 0 spiro atoms. The second kappa shape index (κ2) is 11.9. The zero-order chi connectivity index (χ0) is 19.8. The highest BCUT2D eigenvalue weighted by atomic mass is 127. The van der Waals surface area contributed by atoms with Crippen LogP contribution in [0.1, 0.15) is 65.7 Å². The summed E-state index contributed by atoms with van der Waals surface area (Å²) >= 11 is 0. The van der Waals surface area contributed by atoms with Crippen molar-refractivity contribution < 1.29 is 9.59 Å². The monoisotopic (exact) mass is 510 g/mol. The van der Waals surface area contributed by atoms with Crippen LogP contribution in [0.25, 0.3) is 0 Å². The number of allylic oxidation sites excluding steroid dienone is 1. The number of benzene rings is 1. The summed E-state index contributed by atoms with van der Waals surface area (Å²) in [6, 6.07) is 7.02. The van der Waals surface area contributed by atoms with E-state index in [9.17, 15) is 9.59 Å². The smallest absolute Gasteiger partial charge is 0.261 e. The highest BCUT2D eigenvalue weighted by Crippen LogP contribution is 2.22. The Bertz CT molecular complexity index is 741. The first-order chi connectivity index (χ1) is 13.7. The quantitative estimate of drug-likeness (QED) is 0.140. The maximum Gasteiger partial charge on any atom is 0.261 e. The molecule has 0 bridgehead atoms. The van der Waals surface area contributed by atoms with Gasteiger partial charge in [0.25, 0.3) is 11.8 Å². The highest BCUT2D eigenvalue weighted by molar-refractivity contribution is 14.0. The number of hydrogen-bond acceptors (Lipinski definition) is 3. The van der Waals surface area contributed by atoms with Gasteiger partial charge in [-0.2, -0.15) is 0 Å². The van der Waals surface area contributed by atoms with Crippen molar-refractivity contribution in [3.05, 3.63) is 47.0 Å². The van der Waals surface area contributed by atoms with Gasteiger partial charge in [0.1, 0.15) is 0 Å². The summed E-state index contributed by atoms with van der Waals surface area (Å²) in [6.45, 7) is 2.10. The maximum atomic E-state index is 12.3. The van der Waals surface area contributed by atoms with Crippen LogP contribution in [0.15, 0.2) is 40.9 Å². The number of carbonyl (C=O) groups excluding carboxylic acids is 2. The van der Waals surface area contributed by atoms with Gasteiger partial charge in [-0.1, -0.05) is 23.8 Å². The fourth-order valence-corrected chi connectivity index (χ4v) is 3.74. The Morgan fingerprint density at radius 3 is 2.34 bits per heavy atom. The molecule has 6 nitrogen and oxygen atoms in total. The van der Waals surface area contributed by atoms with E-state index in [0.717, 1.165) is 38.3 Å². The molecular weight excluding hydrogens is 479 g/mol. The van der Waals surface area contributed by atoms with Crippen molar-refractivity contribution in [3.8, 4) is 0 Å². The topological polar surface area (TPSA) is 73.8 Å². The summed E-state index contributed by atoms with van der Waals surface area (Å²) in [7, 11) is 1.77. The minimum absolute atomic E-state index is 0. The van der Waals surface area contributed by atoms with E-state index in [1.807, 2.05) is 0 Å². The fourth-order valence-electron chi connectivity index (χ4n) is 3.74. The average Bonchev–Trinajstić information content (AvgIpc) is 2.98. The molecular formula is C22H31IN4O2. The molecule has 2 aliphatic rings. The van der Waals surface area contributed by atoms with Crippen molar-refractivity contribution in [1.82, 2.24) is 15.5 Å². The first kappa shape index (κ1) is 23.4. The molecule has 1 aromatic carbocycles. The third-order valence-corrected chi connectivity index (χ3v) is 5.33. The van der Waals surface area contributed by atoms with Crippen molar-refractivity contribution in [3.63, 3.8) is 0 Å². The lowest BCUT2D eigenvalue weighted by Crippen LogP contribution is -2.38. The predicted octanol–water partition coefficient (Wildman–Crippen LogP) is 3.74. The van der Waals surface area contributed by atoms with Crippen LogP contribution in [0.2, 0.25) is 0 Å². The highest BCUT2D eigenvalue weighted by Gasteiger charge is 2.34. The van der Waals surface area contributed by atoms with E-state index in [1.165, 1.54) is 30.6 Å². The molecule has 0 fully saturated rings. The van der Waals surface area contributed by atoms with Crippen molar-refractivity contribution in [1.29, 1.82) is 0 Å². The zero-order valence-corrected chi connectivity index (χ0v) is 19.4. The van der Waals surface area contributed by atoms with Gasteiger partial charge in [-0.05, 0) is 57.1 Å². The lowest BCUT2D eigenvalue weighted by Gasteiger charge is -2.16. The zero-order valence-electron chi connectivity index (χ0n) is 17.1. The second-order valence-corrected chi connectivity index (χ2v) is 7.30. The van der Waals surface area contributed by atoms with Gasteiger partial charge in [-0.25, -0.2) is 0 Å². The molecule has 0 unspecified atom stereocenters. The van der Waals surface area contributed by atoms with Gasteiger partial charge in [0.15, 0.2) is 5.96 Å². The van der Waals surface area contributed by atoms with Crippen LogP contribution in [0.4, 0.5) is 0 Å². The van der Waals surface area contributed by atoms with Crippen molar-refractivity contribution >= 4 is 41.8 Å². The standard InChI is InChI=1S/C22H30N4O2.HI/c1-23-22(25-15-13-17-9-3-2-4-10-17)24-14-7-8-16-26-20(27)18-11-5-6-12-19(18)21(26)28;/h5-6,9,11-12H,2-4,7-8,10,13-16H2,1H3,(H2,23,24,25);1H. The molecule has 0 saturated carbocycles. The number of halogens is 1. The van der Waals surface area contributed by atoms with E-state index < -0.39 is 0 Å². The number of amides is 2. The Morgan fingerprint density at radius 2 is 1.72 bits per heavy atom. The van der Waals surface area contributed by atoms with Crippen molar-refractivity contribution in [2.24, 2.45) is 4.99 Å². The summed E-state index contributed by atoms with van der Waals surface area (Å²) in [6.07, 6.45) is 10.1. The number of hydrogen-bond donors (Lipinski definition) is 2. The van der Waals surface area contributed by atoms with Crippen molar-refractivity contribution in [2.75, 3.05) is 26.7 Å². The summed E-state index contributed by atoms with van der Waals surface area (Å²) < 4.78 is 0. The molecule has 7 heteroatoms. The third kappa shape index (κ3) is 6.29. The van der Waals surface area contributed by atoms with E-state index in [4.69, 9.17) is 0 Å². The average molecular weight is 510 g/mol. The first-order valence-electron chi connectivity index (χ1n) is 10.3. The molecule has 0 radical (unpaired) electrons. The SMILES string of the molecule is CN=C(NCCCCN1C(=O)c2ccccc2C1=O)NCCC1=CCCCC1.I. The molecule has 1 aliphatic carbocycles. The Labute approximate surface area is 190 Å². The lowest BCUT2D eigenvalue weighted by molar-refractivity contribution is 0.0652. The Hall–Kier alpha value is -1.90. The normalized spacial score (nSPS) is 16.2. The number of fused-ring (bicyclic) bond motifs is 1. The van der Waals surface area contributed by atoms with Crippen LogP contribution in [0.5, 0.6) is 0 Å². The first-order valence-corrected chi connectivity index (χ1v) is 10.3. The van der Waals surface area contributed by atoms with E-state index in [2.05, 4.69) is 21.7 Å². The summed E-state index contributed by atoms with van der Waals surface area (Å²) in [5.74, 6) is 0.447. The van der Waals surface area contributed by atoms with Gasteiger partial charge < -0.3 is 10.6 Å². The number of nitrogens with one attached hydrogen (secondary N) is 2. The molecule has 0 atom stereocenters. The van der Waals surface area contributed by atoms with Crippen LogP contribution in [-0.4, -0.2) is 49.4 Å². The van der Waals surface area contributed by atoms with Gasteiger partial charge in [-0.15, -0.1) is 24.0 Å². The summed E-state index contributed by atoms with van der Waals surface area (Å²) in [4.78, 5) is 30.3. The Morgan fingerprint density at radius 1 is 1.03 bits per heavy atom. The fraction of sp³-hybridized carbons (Fsp3) is 0.500. The number of guanidine groups is 1. The molecule has 1 aromatic rings. The van der Waals surface area contributed by atoms with E-state index in [0.29, 0.717) is 17.7 Å². The molecule has 158 valence electrons. The minimum atomic E-state index is -0.178. The predicted molar refractivity (Wildman–Crippen MR) is 127 cm³/mol. The number of imide groups is 1. The van der Waals surface area contributed by atoms with Gasteiger partial charge in [0.05, 0.1) is 11.1 Å². The Balaban J connectivity index is 0.00000300. The minimum Gasteiger partial charge on any atom is -0.356 e. The molecule has 1 heterocycles. The molecule has 3 rings (SSSR count). The lowest BCUT2D eigenvalue weighted by atomic mass is 9.97. The van der Waals surface area contributed by atoms with Crippen LogP contribution in [0, 0.1) is 0 Å². The number of rotatable bonds is 8. The Kier molecular flexibility index (Phi) is 9.63.